The van der Waals surface area contributed by atoms with Gasteiger partial charge in [-0.2, -0.15) is 0 Å². The monoisotopic (exact) mass is 362 g/mol. The fraction of sp³-hybridized carbons (Fsp3) is 0.650. The molecule has 2 aliphatic heterocycles. The van der Waals surface area contributed by atoms with E-state index >= 15 is 0 Å². The molecule has 1 amide bonds. The maximum Gasteiger partial charge on any atom is 0.257 e. The molecule has 0 atom stereocenters. The van der Waals surface area contributed by atoms with Gasteiger partial charge in [-0.25, -0.2) is 0 Å². The number of nitrogens with zero attached hydrogens (tertiary/aromatic N) is 1. The third-order valence-corrected chi connectivity index (χ3v) is 5.37. The van der Waals surface area contributed by atoms with Crippen LogP contribution in [-0.2, 0) is 9.53 Å². The van der Waals surface area contributed by atoms with E-state index in [0.29, 0.717) is 23.5 Å². The minimum atomic E-state index is -0.0808. The van der Waals surface area contributed by atoms with Gasteiger partial charge in [0.15, 0.2) is 18.1 Å². The Hall–Kier alpha value is -1.79. The molecule has 0 aromatic heterocycles. The number of likely N-dealkylation sites (tertiary alicyclic amines) is 1. The zero-order valence-electron chi connectivity index (χ0n) is 15.6. The molecule has 6 nitrogen and oxygen atoms in total. The van der Waals surface area contributed by atoms with Crippen LogP contribution in [0.15, 0.2) is 24.3 Å². The van der Waals surface area contributed by atoms with Gasteiger partial charge in [-0.05, 0) is 56.8 Å². The number of nitrogens with one attached hydrogen (secondary N) is 1. The van der Waals surface area contributed by atoms with Gasteiger partial charge in [-0.15, -0.1) is 0 Å². The van der Waals surface area contributed by atoms with Crippen molar-refractivity contribution < 1.29 is 19.0 Å². The average Bonchev–Trinajstić information content (AvgIpc) is 2.72. The molecular formula is C20H30N2O4. The standard InChI is InChI=1S/C20H30N2O4/c1-24-18-4-2-3-5-19(18)26-15-20(23)21-14-16-6-10-22(11-7-16)17-8-12-25-13-9-17/h2-5,16-17H,6-15H2,1H3,(H,21,23). The number of methoxy groups -OCH3 is 1. The van der Waals surface area contributed by atoms with Gasteiger partial charge >= 0.3 is 0 Å². The maximum atomic E-state index is 12.1. The molecule has 1 aromatic carbocycles. The van der Waals surface area contributed by atoms with Crippen LogP contribution in [-0.4, -0.2) is 63.4 Å². The van der Waals surface area contributed by atoms with Crippen molar-refractivity contribution in [1.29, 1.82) is 0 Å². The van der Waals surface area contributed by atoms with Crippen molar-refractivity contribution in [3.8, 4) is 11.5 Å². The fourth-order valence-corrected chi connectivity index (χ4v) is 3.76. The summed E-state index contributed by atoms with van der Waals surface area (Å²) >= 11 is 0. The molecule has 2 fully saturated rings. The summed E-state index contributed by atoms with van der Waals surface area (Å²) < 4.78 is 16.2. The lowest BCUT2D eigenvalue weighted by molar-refractivity contribution is -0.123. The summed E-state index contributed by atoms with van der Waals surface area (Å²) in [6.45, 7) is 4.79. The number of carbonyl (C=O) groups is 1. The van der Waals surface area contributed by atoms with Crippen molar-refractivity contribution in [3.63, 3.8) is 0 Å². The smallest absolute Gasteiger partial charge is 0.257 e. The number of amides is 1. The van der Waals surface area contributed by atoms with Crippen LogP contribution in [0.3, 0.4) is 0 Å². The summed E-state index contributed by atoms with van der Waals surface area (Å²) in [4.78, 5) is 14.7. The van der Waals surface area contributed by atoms with E-state index in [1.54, 1.807) is 13.2 Å². The highest BCUT2D eigenvalue weighted by Gasteiger charge is 2.26. The summed E-state index contributed by atoms with van der Waals surface area (Å²) in [7, 11) is 1.59. The Morgan fingerprint density at radius 1 is 1.15 bits per heavy atom. The van der Waals surface area contributed by atoms with E-state index in [2.05, 4.69) is 10.2 Å². The predicted octanol–water partition coefficient (Wildman–Crippen LogP) is 2.08. The first-order valence-corrected chi connectivity index (χ1v) is 9.60. The Balaban J connectivity index is 1.33. The topological polar surface area (TPSA) is 60.0 Å². The van der Waals surface area contributed by atoms with Crippen LogP contribution in [0.4, 0.5) is 0 Å². The van der Waals surface area contributed by atoms with Crippen LogP contribution >= 0.6 is 0 Å². The first kappa shape index (κ1) is 19.0. The lowest BCUT2D eigenvalue weighted by Crippen LogP contribution is -2.46. The summed E-state index contributed by atoms with van der Waals surface area (Å²) in [5, 5.41) is 3.01. The van der Waals surface area contributed by atoms with Crippen LogP contribution in [0.25, 0.3) is 0 Å². The molecule has 2 aliphatic rings. The van der Waals surface area contributed by atoms with Gasteiger partial charge in [0.25, 0.3) is 5.91 Å². The highest BCUT2D eigenvalue weighted by molar-refractivity contribution is 5.77. The maximum absolute atomic E-state index is 12.1. The van der Waals surface area contributed by atoms with Gasteiger partial charge in [-0.3, -0.25) is 4.79 Å². The van der Waals surface area contributed by atoms with Crippen molar-refractivity contribution in [1.82, 2.24) is 10.2 Å². The Labute approximate surface area is 155 Å². The number of hydrogen-bond donors (Lipinski definition) is 1. The highest BCUT2D eigenvalue weighted by atomic mass is 16.5. The summed E-state index contributed by atoms with van der Waals surface area (Å²) in [6.07, 6.45) is 4.60. The number of rotatable bonds is 7. The zero-order chi connectivity index (χ0) is 18.2. The summed E-state index contributed by atoms with van der Waals surface area (Å²) in [6, 6.07) is 8.05. The number of piperidine rings is 1. The van der Waals surface area contributed by atoms with Crippen LogP contribution < -0.4 is 14.8 Å². The van der Waals surface area contributed by atoms with Gasteiger partial charge < -0.3 is 24.4 Å². The Morgan fingerprint density at radius 2 is 1.85 bits per heavy atom. The van der Waals surface area contributed by atoms with E-state index in [-0.39, 0.29) is 12.5 Å². The normalized spacial score (nSPS) is 19.9. The molecule has 0 radical (unpaired) electrons. The number of carbonyl (C=O) groups excluding carboxylic acids is 1. The SMILES string of the molecule is COc1ccccc1OCC(=O)NCC1CCN(C2CCOCC2)CC1. The molecule has 0 spiro atoms. The molecule has 1 N–H and O–H groups in total. The Morgan fingerprint density at radius 3 is 2.54 bits per heavy atom. The van der Waals surface area contributed by atoms with Crippen molar-refractivity contribution in [2.75, 3.05) is 46.6 Å². The molecule has 1 aromatic rings. The van der Waals surface area contributed by atoms with Crippen molar-refractivity contribution in [2.24, 2.45) is 5.92 Å². The largest absolute Gasteiger partial charge is 0.493 e. The Bertz CT molecular complexity index is 567. The molecule has 0 unspecified atom stereocenters. The lowest BCUT2D eigenvalue weighted by Gasteiger charge is -2.39. The van der Waals surface area contributed by atoms with Crippen LogP contribution in [0, 0.1) is 5.92 Å². The molecular weight excluding hydrogens is 332 g/mol. The first-order valence-electron chi connectivity index (χ1n) is 9.60. The number of para-hydroxylation sites is 2. The second-order valence-electron chi connectivity index (χ2n) is 7.07. The molecule has 0 aliphatic carbocycles. The van der Waals surface area contributed by atoms with Crippen molar-refractivity contribution >= 4 is 5.91 Å². The van der Waals surface area contributed by atoms with Gasteiger partial charge in [0.2, 0.25) is 0 Å². The van der Waals surface area contributed by atoms with E-state index in [1.807, 2.05) is 18.2 Å². The highest BCUT2D eigenvalue weighted by Crippen LogP contribution is 2.25. The van der Waals surface area contributed by atoms with E-state index in [9.17, 15) is 4.79 Å². The van der Waals surface area contributed by atoms with E-state index < -0.39 is 0 Å². The average molecular weight is 362 g/mol. The quantitative estimate of drug-likeness (QED) is 0.805. The second kappa shape index (κ2) is 9.78. The van der Waals surface area contributed by atoms with E-state index in [0.717, 1.165) is 58.5 Å². The molecule has 6 heteroatoms. The Kier molecular flexibility index (Phi) is 7.14. The predicted molar refractivity (Wildman–Crippen MR) is 99.6 cm³/mol. The number of benzene rings is 1. The van der Waals surface area contributed by atoms with E-state index in [1.165, 1.54) is 0 Å². The molecule has 144 valence electrons. The van der Waals surface area contributed by atoms with E-state index in [4.69, 9.17) is 14.2 Å². The van der Waals surface area contributed by atoms with Crippen molar-refractivity contribution in [3.05, 3.63) is 24.3 Å². The van der Waals surface area contributed by atoms with Gasteiger partial charge in [-0.1, -0.05) is 12.1 Å². The molecule has 2 heterocycles. The molecule has 26 heavy (non-hydrogen) atoms. The number of hydrogen-bond acceptors (Lipinski definition) is 5. The second-order valence-corrected chi connectivity index (χ2v) is 7.07. The van der Waals surface area contributed by atoms with Crippen LogP contribution in [0.2, 0.25) is 0 Å². The first-order chi connectivity index (χ1) is 12.8. The van der Waals surface area contributed by atoms with Crippen LogP contribution in [0.5, 0.6) is 11.5 Å². The molecule has 0 bridgehead atoms. The molecule has 3 rings (SSSR count). The molecule has 0 saturated carbocycles. The van der Waals surface area contributed by atoms with Gasteiger partial charge in [0.1, 0.15) is 0 Å². The third-order valence-electron chi connectivity index (χ3n) is 5.37. The third kappa shape index (κ3) is 5.35. The summed E-state index contributed by atoms with van der Waals surface area (Å²) in [5.74, 6) is 1.71. The fourth-order valence-electron chi connectivity index (χ4n) is 3.76. The van der Waals surface area contributed by atoms with Crippen molar-refractivity contribution in [2.45, 2.75) is 31.7 Å². The van der Waals surface area contributed by atoms with Gasteiger partial charge in [0, 0.05) is 25.8 Å². The minimum absolute atomic E-state index is 0.0152. The lowest BCUT2D eigenvalue weighted by atomic mass is 9.94. The van der Waals surface area contributed by atoms with Gasteiger partial charge in [0.05, 0.1) is 7.11 Å². The van der Waals surface area contributed by atoms with Crippen LogP contribution in [0.1, 0.15) is 25.7 Å². The molecule has 2 saturated heterocycles. The zero-order valence-corrected chi connectivity index (χ0v) is 15.6. The minimum Gasteiger partial charge on any atom is -0.493 e. The summed E-state index contributed by atoms with van der Waals surface area (Å²) in [5.41, 5.74) is 0. The number of ether oxygens (including phenoxy) is 3.